The van der Waals surface area contributed by atoms with E-state index in [2.05, 4.69) is 24.4 Å². The molecule has 0 radical (unpaired) electrons. The van der Waals surface area contributed by atoms with Crippen LogP contribution in [0.5, 0.6) is 0 Å². The van der Waals surface area contributed by atoms with Crippen molar-refractivity contribution in [3.8, 4) is 0 Å². The van der Waals surface area contributed by atoms with Crippen LogP contribution in [-0.4, -0.2) is 13.6 Å². The van der Waals surface area contributed by atoms with Gasteiger partial charge in [-0.15, -0.1) is 0 Å². The summed E-state index contributed by atoms with van der Waals surface area (Å²) in [5.74, 6) is 3.13. The number of rotatable bonds is 4. The van der Waals surface area contributed by atoms with Crippen LogP contribution < -0.4 is 5.32 Å². The van der Waals surface area contributed by atoms with Gasteiger partial charge in [-0.3, -0.25) is 0 Å². The number of para-hydroxylation sites is 1. The number of furan rings is 1. The molecule has 3 rings (SSSR count). The Kier molecular flexibility index (Phi) is 4.56. The SMILES string of the molecule is CCC1CCC(CNC)C(c2cc3cccc(Cl)c3o2)C1. The number of fused-ring (bicyclic) bond motifs is 1. The van der Waals surface area contributed by atoms with Crippen LogP contribution >= 0.6 is 11.6 Å². The zero-order chi connectivity index (χ0) is 14.8. The fraction of sp³-hybridized carbons (Fsp3) is 0.556. The molecule has 2 aromatic rings. The van der Waals surface area contributed by atoms with E-state index in [1.165, 1.54) is 25.7 Å². The molecule has 3 unspecified atom stereocenters. The van der Waals surface area contributed by atoms with Gasteiger partial charge in [-0.05, 0) is 50.4 Å². The topological polar surface area (TPSA) is 25.2 Å². The highest BCUT2D eigenvalue weighted by Crippen LogP contribution is 2.43. The molecule has 1 heterocycles. The second-order valence-electron chi connectivity index (χ2n) is 6.32. The van der Waals surface area contributed by atoms with Crippen molar-refractivity contribution in [3.05, 3.63) is 35.0 Å². The smallest absolute Gasteiger partial charge is 0.152 e. The van der Waals surface area contributed by atoms with E-state index >= 15 is 0 Å². The lowest BCUT2D eigenvalue weighted by molar-refractivity contribution is 0.210. The maximum atomic E-state index is 6.26. The number of nitrogens with one attached hydrogen (secondary N) is 1. The van der Waals surface area contributed by atoms with Crippen molar-refractivity contribution in [2.24, 2.45) is 11.8 Å². The first-order valence-corrected chi connectivity index (χ1v) is 8.43. The molecule has 0 amide bonds. The molecule has 3 heteroatoms. The van der Waals surface area contributed by atoms with Crippen molar-refractivity contribution in [2.45, 2.75) is 38.5 Å². The quantitative estimate of drug-likeness (QED) is 0.838. The monoisotopic (exact) mass is 305 g/mol. The number of halogens is 1. The van der Waals surface area contributed by atoms with Gasteiger partial charge in [-0.2, -0.15) is 0 Å². The van der Waals surface area contributed by atoms with Crippen molar-refractivity contribution in [1.29, 1.82) is 0 Å². The third-order valence-electron chi connectivity index (χ3n) is 5.03. The van der Waals surface area contributed by atoms with Gasteiger partial charge in [0.15, 0.2) is 5.58 Å². The minimum Gasteiger partial charge on any atom is -0.459 e. The summed E-state index contributed by atoms with van der Waals surface area (Å²) in [6, 6.07) is 8.18. The maximum absolute atomic E-state index is 6.26. The molecule has 2 nitrogen and oxygen atoms in total. The molecule has 0 aliphatic heterocycles. The summed E-state index contributed by atoms with van der Waals surface area (Å²) in [6.07, 6.45) is 5.14. The number of benzene rings is 1. The lowest BCUT2D eigenvalue weighted by Crippen LogP contribution is -2.30. The Bertz CT molecular complexity index is 606. The minimum atomic E-state index is 0.514. The molecule has 1 fully saturated rings. The Balaban J connectivity index is 1.94. The second kappa shape index (κ2) is 6.41. The summed E-state index contributed by atoms with van der Waals surface area (Å²) in [7, 11) is 2.04. The van der Waals surface area contributed by atoms with Crippen molar-refractivity contribution >= 4 is 22.6 Å². The van der Waals surface area contributed by atoms with E-state index in [1.54, 1.807) is 0 Å². The molecule has 1 N–H and O–H groups in total. The molecular weight excluding hydrogens is 282 g/mol. The van der Waals surface area contributed by atoms with Gasteiger partial charge in [0.1, 0.15) is 5.76 Å². The van der Waals surface area contributed by atoms with Crippen LogP contribution in [0.2, 0.25) is 5.02 Å². The molecule has 1 aliphatic carbocycles. The van der Waals surface area contributed by atoms with Crippen molar-refractivity contribution < 1.29 is 4.42 Å². The average Bonchev–Trinajstić information content (AvgIpc) is 2.93. The Morgan fingerprint density at radius 2 is 2.19 bits per heavy atom. The van der Waals surface area contributed by atoms with Gasteiger partial charge < -0.3 is 9.73 Å². The van der Waals surface area contributed by atoms with E-state index in [0.29, 0.717) is 16.9 Å². The molecule has 1 aromatic heterocycles. The molecule has 1 aliphatic rings. The summed E-state index contributed by atoms with van der Waals surface area (Å²) in [6.45, 7) is 3.36. The molecule has 0 bridgehead atoms. The van der Waals surface area contributed by atoms with Gasteiger partial charge >= 0.3 is 0 Å². The number of hydrogen-bond donors (Lipinski definition) is 1. The fourth-order valence-electron chi connectivity index (χ4n) is 3.78. The largest absolute Gasteiger partial charge is 0.459 e. The summed E-state index contributed by atoms with van der Waals surface area (Å²) in [5.41, 5.74) is 0.844. The molecule has 114 valence electrons. The normalized spacial score (nSPS) is 26.3. The highest BCUT2D eigenvalue weighted by Gasteiger charge is 2.32. The van der Waals surface area contributed by atoms with E-state index in [-0.39, 0.29) is 0 Å². The molecule has 0 saturated heterocycles. The zero-order valence-corrected chi connectivity index (χ0v) is 13.6. The Morgan fingerprint density at radius 3 is 2.90 bits per heavy atom. The van der Waals surface area contributed by atoms with Crippen molar-refractivity contribution in [1.82, 2.24) is 5.32 Å². The third kappa shape index (κ3) is 2.97. The van der Waals surface area contributed by atoms with Crippen LogP contribution in [0.4, 0.5) is 0 Å². The standard InChI is InChI=1S/C18H24ClNO/c1-3-12-7-8-14(11-20-2)15(9-12)17-10-13-5-4-6-16(19)18(13)21-17/h4-6,10,12,14-15,20H,3,7-9,11H2,1-2H3. The van der Waals surface area contributed by atoms with Gasteiger partial charge in [-0.1, -0.05) is 43.5 Å². The summed E-state index contributed by atoms with van der Waals surface area (Å²) >= 11 is 6.26. The van der Waals surface area contributed by atoms with Crippen LogP contribution in [0.15, 0.2) is 28.7 Å². The zero-order valence-electron chi connectivity index (χ0n) is 12.9. The lowest BCUT2D eigenvalue weighted by Gasteiger charge is -2.34. The predicted molar refractivity (Wildman–Crippen MR) is 89.0 cm³/mol. The maximum Gasteiger partial charge on any atom is 0.152 e. The van der Waals surface area contributed by atoms with Crippen LogP contribution in [0, 0.1) is 11.8 Å². The Labute approximate surface area is 131 Å². The predicted octanol–water partition coefficient (Wildman–Crippen LogP) is 5.22. The van der Waals surface area contributed by atoms with Gasteiger partial charge in [0.05, 0.1) is 5.02 Å². The highest BCUT2D eigenvalue weighted by molar-refractivity contribution is 6.34. The average molecular weight is 306 g/mol. The van der Waals surface area contributed by atoms with Crippen LogP contribution in [0.3, 0.4) is 0 Å². The van der Waals surface area contributed by atoms with E-state index in [1.807, 2.05) is 19.2 Å². The minimum absolute atomic E-state index is 0.514. The Morgan fingerprint density at radius 1 is 1.33 bits per heavy atom. The van der Waals surface area contributed by atoms with E-state index < -0.39 is 0 Å². The van der Waals surface area contributed by atoms with E-state index in [9.17, 15) is 0 Å². The molecule has 21 heavy (non-hydrogen) atoms. The molecular formula is C18H24ClNO. The van der Waals surface area contributed by atoms with Gasteiger partial charge in [0.2, 0.25) is 0 Å². The van der Waals surface area contributed by atoms with Crippen LogP contribution in [-0.2, 0) is 0 Å². The third-order valence-corrected chi connectivity index (χ3v) is 5.32. The second-order valence-corrected chi connectivity index (χ2v) is 6.73. The molecule has 0 spiro atoms. The lowest BCUT2D eigenvalue weighted by atomic mass is 9.72. The van der Waals surface area contributed by atoms with Gasteiger partial charge in [0, 0.05) is 11.3 Å². The fourth-order valence-corrected chi connectivity index (χ4v) is 4.00. The van der Waals surface area contributed by atoms with Crippen molar-refractivity contribution in [2.75, 3.05) is 13.6 Å². The van der Waals surface area contributed by atoms with Gasteiger partial charge in [0.25, 0.3) is 0 Å². The Hall–Kier alpha value is -0.990. The highest BCUT2D eigenvalue weighted by atomic mass is 35.5. The molecule has 3 atom stereocenters. The van der Waals surface area contributed by atoms with Crippen LogP contribution in [0.25, 0.3) is 11.0 Å². The van der Waals surface area contributed by atoms with E-state index in [4.69, 9.17) is 16.0 Å². The summed E-state index contributed by atoms with van der Waals surface area (Å²) < 4.78 is 6.15. The summed E-state index contributed by atoms with van der Waals surface area (Å²) in [4.78, 5) is 0. The summed E-state index contributed by atoms with van der Waals surface area (Å²) in [5, 5.41) is 5.19. The first-order valence-electron chi connectivity index (χ1n) is 8.05. The van der Waals surface area contributed by atoms with Gasteiger partial charge in [-0.25, -0.2) is 0 Å². The first kappa shape index (κ1) is 14.9. The molecule has 1 saturated carbocycles. The molecule has 1 aromatic carbocycles. The number of hydrogen-bond acceptors (Lipinski definition) is 2. The van der Waals surface area contributed by atoms with E-state index in [0.717, 1.165) is 29.2 Å². The van der Waals surface area contributed by atoms with Crippen molar-refractivity contribution in [3.63, 3.8) is 0 Å². The van der Waals surface area contributed by atoms with Crippen LogP contribution in [0.1, 0.15) is 44.3 Å². The first-order chi connectivity index (χ1) is 10.2.